The van der Waals surface area contributed by atoms with Gasteiger partial charge in [-0.05, 0) is 24.1 Å². The molecule has 0 spiro atoms. The minimum absolute atomic E-state index is 0.303. The summed E-state index contributed by atoms with van der Waals surface area (Å²) in [4.78, 5) is 11.1. The summed E-state index contributed by atoms with van der Waals surface area (Å²) < 4.78 is 6.53. The highest BCUT2D eigenvalue weighted by Crippen LogP contribution is 2.14. The molecule has 0 radical (unpaired) electrons. The molecule has 1 aromatic heterocycles. The Morgan fingerprint density at radius 2 is 2.23 bits per heavy atom. The third kappa shape index (κ3) is 1.16. The Bertz CT molecular complexity index is 493. The van der Waals surface area contributed by atoms with Gasteiger partial charge < -0.3 is 4.42 Å². The van der Waals surface area contributed by atoms with E-state index >= 15 is 0 Å². The van der Waals surface area contributed by atoms with E-state index in [1.807, 2.05) is 18.2 Å². The fraction of sp³-hybridized carbons (Fsp3) is 0.300. The van der Waals surface area contributed by atoms with E-state index in [1.165, 1.54) is 10.1 Å². The van der Waals surface area contributed by atoms with Crippen LogP contribution in [-0.4, -0.2) is 4.57 Å². The van der Waals surface area contributed by atoms with Gasteiger partial charge in [0.25, 0.3) is 0 Å². The lowest BCUT2D eigenvalue weighted by molar-refractivity contribution is 0.528. The minimum atomic E-state index is -0.303. The van der Waals surface area contributed by atoms with E-state index < -0.39 is 0 Å². The number of hydrogen-bond donors (Lipinski definition) is 0. The van der Waals surface area contributed by atoms with Crippen LogP contribution in [0.15, 0.2) is 27.4 Å². The quantitative estimate of drug-likeness (QED) is 0.664. The topological polar surface area (TPSA) is 35.1 Å². The standard InChI is InChI=1S/C10H11NO2/c1-3-7-4-5-9-8(6-7)11(2)10(12)13-9/h4-6H,3H2,1-2H3. The Labute approximate surface area is 75.6 Å². The van der Waals surface area contributed by atoms with Crippen molar-refractivity contribution >= 4 is 11.1 Å². The second-order valence-electron chi connectivity index (χ2n) is 3.08. The van der Waals surface area contributed by atoms with E-state index in [-0.39, 0.29) is 5.76 Å². The van der Waals surface area contributed by atoms with Gasteiger partial charge in [-0.15, -0.1) is 0 Å². The van der Waals surface area contributed by atoms with Crippen LogP contribution in [0.2, 0.25) is 0 Å². The van der Waals surface area contributed by atoms with Gasteiger partial charge in [0.15, 0.2) is 5.58 Å². The molecule has 0 aliphatic carbocycles. The third-order valence-electron chi connectivity index (χ3n) is 2.26. The van der Waals surface area contributed by atoms with Crippen LogP contribution < -0.4 is 5.76 Å². The van der Waals surface area contributed by atoms with Crippen molar-refractivity contribution in [2.24, 2.45) is 7.05 Å². The maximum atomic E-state index is 11.1. The molecule has 1 heterocycles. The van der Waals surface area contributed by atoms with Crippen LogP contribution >= 0.6 is 0 Å². The Hall–Kier alpha value is -1.51. The van der Waals surface area contributed by atoms with Crippen molar-refractivity contribution in [1.82, 2.24) is 4.57 Å². The lowest BCUT2D eigenvalue weighted by Crippen LogP contribution is -2.08. The Kier molecular flexibility index (Phi) is 1.72. The first-order valence-corrected chi connectivity index (χ1v) is 4.31. The molecule has 0 N–H and O–H groups in total. The number of benzene rings is 1. The molecular weight excluding hydrogens is 166 g/mol. The fourth-order valence-corrected chi connectivity index (χ4v) is 1.39. The predicted molar refractivity (Wildman–Crippen MR) is 50.8 cm³/mol. The fourth-order valence-electron chi connectivity index (χ4n) is 1.39. The first-order valence-electron chi connectivity index (χ1n) is 4.31. The van der Waals surface area contributed by atoms with Crippen LogP contribution in [0.25, 0.3) is 11.1 Å². The molecule has 0 fully saturated rings. The number of aryl methyl sites for hydroxylation is 2. The van der Waals surface area contributed by atoms with Gasteiger partial charge >= 0.3 is 5.76 Å². The number of hydrogen-bond acceptors (Lipinski definition) is 2. The second kappa shape index (κ2) is 2.76. The smallest absolute Gasteiger partial charge is 0.408 e. The second-order valence-corrected chi connectivity index (χ2v) is 3.08. The number of aromatic nitrogens is 1. The van der Waals surface area contributed by atoms with Crippen molar-refractivity contribution in [3.8, 4) is 0 Å². The predicted octanol–water partition coefficient (Wildman–Crippen LogP) is 1.69. The number of oxazole rings is 1. The van der Waals surface area contributed by atoms with Crippen molar-refractivity contribution < 1.29 is 4.42 Å². The molecular formula is C10H11NO2. The van der Waals surface area contributed by atoms with E-state index in [4.69, 9.17) is 4.42 Å². The molecule has 3 nitrogen and oxygen atoms in total. The third-order valence-corrected chi connectivity index (χ3v) is 2.26. The van der Waals surface area contributed by atoms with E-state index in [0.29, 0.717) is 5.58 Å². The van der Waals surface area contributed by atoms with Gasteiger partial charge in [0.05, 0.1) is 5.52 Å². The molecule has 0 saturated carbocycles. The lowest BCUT2D eigenvalue weighted by atomic mass is 10.1. The average molecular weight is 177 g/mol. The summed E-state index contributed by atoms with van der Waals surface area (Å²) in [6, 6.07) is 5.81. The molecule has 0 bridgehead atoms. The van der Waals surface area contributed by atoms with Gasteiger partial charge in [-0.25, -0.2) is 4.79 Å². The molecule has 2 rings (SSSR count). The SMILES string of the molecule is CCc1ccc2oc(=O)n(C)c2c1. The highest BCUT2D eigenvalue weighted by molar-refractivity contribution is 5.73. The summed E-state index contributed by atoms with van der Waals surface area (Å²) in [6.45, 7) is 2.08. The zero-order valence-corrected chi connectivity index (χ0v) is 7.70. The van der Waals surface area contributed by atoms with Crippen molar-refractivity contribution in [1.29, 1.82) is 0 Å². The molecule has 68 valence electrons. The van der Waals surface area contributed by atoms with Crippen molar-refractivity contribution in [2.45, 2.75) is 13.3 Å². The van der Waals surface area contributed by atoms with Gasteiger partial charge in [0.1, 0.15) is 0 Å². The molecule has 0 aliphatic heterocycles. The molecule has 1 aromatic carbocycles. The Morgan fingerprint density at radius 1 is 1.46 bits per heavy atom. The summed E-state index contributed by atoms with van der Waals surface area (Å²) in [6.07, 6.45) is 0.968. The van der Waals surface area contributed by atoms with Crippen LogP contribution in [-0.2, 0) is 13.5 Å². The zero-order valence-electron chi connectivity index (χ0n) is 7.70. The largest absolute Gasteiger partial charge is 0.419 e. The molecule has 0 amide bonds. The van der Waals surface area contributed by atoms with Gasteiger partial charge in [0, 0.05) is 7.05 Å². The Morgan fingerprint density at radius 3 is 2.92 bits per heavy atom. The number of nitrogens with zero attached hydrogens (tertiary/aromatic N) is 1. The summed E-state index contributed by atoms with van der Waals surface area (Å²) >= 11 is 0. The monoisotopic (exact) mass is 177 g/mol. The molecule has 0 atom stereocenters. The van der Waals surface area contributed by atoms with Gasteiger partial charge in [-0.3, -0.25) is 4.57 Å². The van der Waals surface area contributed by atoms with Crippen molar-refractivity contribution in [2.75, 3.05) is 0 Å². The number of rotatable bonds is 1. The van der Waals surface area contributed by atoms with Gasteiger partial charge in [-0.1, -0.05) is 13.0 Å². The van der Waals surface area contributed by atoms with E-state index in [1.54, 1.807) is 7.05 Å². The first kappa shape index (κ1) is 8.10. The van der Waals surface area contributed by atoms with Gasteiger partial charge in [0.2, 0.25) is 0 Å². The molecule has 0 saturated heterocycles. The molecule has 13 heavy (non-hydrogen) atoms. The summed E-state index contributed by atoms with van der Waals surface area (Å²) in [5, 5.41) is 0. The molecule has 0 unspecified atom stereocenters. The normalized spacial score (nSPS) is 10.9. The zero-order chi connectivity index (χ0) is 9.42. The van der Waals surface area contributed by atoms with Crippen LogP contribution in [0, 0.1) is 0 Å². The van der Waals surface area contributed by atoms with Crippen LogP contribution in [0.3, 0.4) is 0 Å². The number of fused-ring (bicyclic) bond motifs is 1. The lowest BCUT2D eigenvalue weighted by Gasteiger charge is -1.95. The minimum Gasteiger partial charge on any atom is -0.408 e. The Balaban J connectivity index is 2.82. The maximum Gasteiger partial charge on any atom is 0.419 e. The maximum absolute atomic E-state index is 11.1. The van der Waals surface area contributed by atoms with Crippen LogP contribution in [0.4, 0.5) is 0 Å². The highest BCUT2D eigenvalue weighted by Gasteiger charge is 2.04. The summed E-state index contributed by atoms with van der Waals surface area (Å²) in [7, 11) is 1.72. The summed E-state index contributed by atoms with van der Waals surface area (Å²) in [5.74, 6) is -0.303. The first-order chi connectivity index (χ1) is 6.22. The van der Waals surface area contributed by atoms with Crippen molar-refractivity contribution in [3.05, 3.63) is 34.3 Å². The van der Waals surface area contributed by atoms with Crippen LogP contribution in [0.1, 0.15) is 12.5 Å². The van der Waals surface area contributed by atoms with Gasteiger partial charge in [-0.2, -0.15) is 0 Å². The average Bonchev–Trinajstić information content (AvgIpc) is 2.43. The highest BCUT2D eigenvalue weighted by atomic mass is 16.4. The molecule has 0 aliphatic rings. The summed E-state index contributed by atoms with van der Waals surface area (Å²) in [5.41, 5.74) is 2.73. The molecule has 2 aromatic rings. The van der Waals surface area contributed by atoms with Crippen molar-refractivity contribution in [3.63, 3.8) is 0 Å². The van der Waals surface area contributed by atoms with E-state index in [2.05, 4.69) is 6.92 Å². The van der Waals surface area contributed by atoms with E-state index in [0.717, 1.165) is 11.9 Å². The molecule has 3 heteroatoms. The van der Waals surface area contributed by atoms with E-state index in [9.17, 15) is 4.79 Å². The van der Waals surface area contributed by atoms with Crippen LogP contribution in [0.5, 0.6) is 0 Å².